The maximum atomic E-state index is 6.69. The average molecular weight is 529 g/mol. The van der Waals surface area contributed by atoms with Crippen LogP contribution in [0.2, 0.25) is 0 Å². The third kappa shape index (κ3) is 4.10. The van der Waals surface area contributed by atoms with E-state index in [0.717, 1.165) is 67.6 Å². The van der Waals surface area contributed by atoms with Crippen molar-refractivity contribution in [2.45, 2.75) is 12.3 Å². The lowest BCUT2D eigenvalue weighted by Gasteiger charge is -2.22. The number of fused-ring (bicyclic) bond motifs is 4. The number of hydrogen-bond donors (Lipinski definition) is 0. The van der Waals surface area contributed by atoms with Crippen LogP contribution in [0.15, 0.2) is 132 Å². The second-order valence-electron chi connectivity index (χ2n) is 10.3. The third-order valence-corrected chi connectivity index (χ3v) is 7.75. The lowest BCUT2D eigenvalue weighted by molar-refractivity contribution is 0.581. The molecular weight excluding hydrogens is 504 g/mol. The number of pyridine rings is 1. The van der Waals surface area contributed by atoms with Crippen molar-refractivity contribution in [1.82, 2.24) is 19.9 Å². The van der Waals surface area contributed by atoms with Crippen molar-refractivity contribution in [2.24, 2.45) is 0 Å². The summed E-state index contributed by atoms with van der Waals surface area (Å²) in [7, 11) is 0. The summed E-state index contributed by atoms with van der Waals surface area (Å²) in [6, 6.07) is 37.0. The fraction of sp³-hybridized carbons (Fsp3) is 0.0556. The van der Waals surface area contributed by atoms with Crippen molar-refractivity contribution < 1.29 is 4.42 Å². The van der Waals surface area contributed by atoms with Gasteiger partial charge in [-0.1, -0.05) is 97.1 Å². The minimum Gasteiger partial charge on any atom is -0.456 e. The fourth-order valence-electron chi connectivity index (χ4n) is 5.77. The highest BCUT2D eigenvalue weighted by atomic mass is 16.3. The molecule has 1 atom stereocenters. The van der Waals surface area contributed by atoms with Gasteiger partial charge in [-0.15, -0.1) is 0 Å². The van der Waals surface area contributed by atoms with E-state index in [-0.39, 0.29) is 5.92 Å². The van der Waals surface area contributed by atoms with Crippen LogP contribution in [0.25, 0.3) is 50.1 Å². The van der Waals surface area contributed by atoms with Gasteiger partial charge in [0, 0.05) is 45.4 Å². The minimum absolute atomic E-state index is 0.110. The van der Waals surface area contributed by atoms with Gasteiger partial charge in [0.2, 0.25) is 0 Å². The fourth-order valence-corrected chi connectivity index (χ4v) is 5.77. The van der Waals surface area contributed by atoms with Crippen LogP contribution in [-0.2, 0) is 0 Å². The molecule has 0 N–H and O–H groups in total. The Balaban J connectivity index is 1.38. The second-order valence-corrected chi connectivity index (χ2v) is 10.3. The number of rotatable bonds is 4. The molecule has 0 fully saturated rings. The van der Waals surface area contributed by atoms with E-state index in [2.05, 4.69) is 47.5 Å². The van der Waals surface area contributed by atoms with E-state index < -0.39 is 0 Å². The molecule has 8 rings (SSSR count). The molecule has 1 aliphatic rings. The number of aromatic nitrogens is 4. The summed E-state index contributed by atoms with van der Waals surface area (Å²) in [5, 5.41) is 3.23. The summed E-state index contributed by atoms with van der Waals surface area (Å²) in [5.74, 6) is 2.82. The molecule has 0 radical (unpaired) electrons. The van der Waals surface area contributed by atoms with Crippen molar-refractivity contribution in [3.63, 3.8) is 0 Å². The molecule has 0 amide bonds. The summed E-state index contributed by atoms with van der Waals surface area (Å²) >= 11 is 0. The van der Waals surface area contributed by atoms with Gasteiger partial charge >= 0.3 is 0 Å². The topological polar surface area (TPSA) is 64.7 Å². The highest BCUT2D eigenvalue weighted by molar-refractivity contribution is 6.00. The molecule has 194 valence electrons. The largest absolute Gasteiger partial charge is 0.456 e. The maximum absolute atomic E-state index is 6.69. The zero-order chi connectivity index (χ0) is 27.2. The van der Waals surface area contributed by atoms with Crippen molar-refractivity contribution in [3.8, 4) is 22.8 Å². The lowest BCUT2D eigenvalue weighted by atomic mass is 9.83. The van der Waals surface area contributed by atoms with Crippen molar-refractivity contribution in [2.75, 3.05) is 0 Å². The Morgan fingerprint density at radius 2 is 1.27 bits per heavy atom. The summed E-state index contributed by atoms with van der Waals surface area (Å²) < 4.78 is 6.69. The van der Waals surface area contributed by atoms with E-state index in [9.17, 15) is 0 Å². The summed E-state index contributed by atoms with van der Waals surface area (Å²) in [6.07, 6.45) is 6.73. The van der Waals surface area contributed by atoms with Crippen LogP contribution in [-0.4, -0.2) is 19.9 Å². The van der Waals surface area contributed by atoms with Crippen LogP contribution >= 0.6 is 0 Å². The maximum Gasteiger partial charge on any atom is 0.163 e. The predicted octanol–water partition coefficient (Wildman–Crippen LogP) is 8.47. The van der Waals surface area contributed by atoms with Gasteiger partial charge in [0.1, 0.15) is 17.2 Å². The second kappa shape index (κ2) is 9.65. The molecule has 1 aliphatic carbocycles. The van der Waals surface area contributed by atoms with Crippen molar-refractivity contribution >= 4 is 27.3 Å². The molecule has 0 saturated heterocycles. The molecule has 0 saturated carbocycles. The molecule has 0 bridgehead atoms. The molecule has 0 aliphatic heterocycles. The smallest absolute Gasteiger partial charge is 0.163 e. The quantitative estimate of drug-likeness (QED) is 0.229. The van der Waals surface area contributed by atoms with Crippen LogP contribution < -0.4 is 0 Å². The lowest BCUT2D eigenvalue weighted by Crippen LogP contribution is -2.13. The first-order chi connectivity index (χ1) is 20.3. The van der Waals surface area contributed by atoms with E-state index in [4.69, 9.17) is 19.4 Å². The molecule has 3 aromatic heterocycles. The number of benzene rings is 4. The first-order valence-electron chi connectivity index (χ1n) is 13.7. The molecule has 3 heterocycles. The van der Waals surface area contributed by atoms with Crippen LogP contribution in [0.4, 0.5) is 0 Å². The van der Waals surface area contributed by atoms with Crippen LogP contribution in [0, 0.1) is 0 Å². The van der Waals surface area contributed by atoms with Crippen LogP contribution in [0.5, 0.6) is 0 Å². The predicted molar refractivity (Wildman–Crippen MR) is 162 cm³/mol. The van der Waals surface area contributed by atoms with Crippen LogP contribution in [0.3, 0.4) is 0 Å². The van der Waals surface area contributed by atoms with E-state index in [1.807, 2.05) is 85.2 Å². The summed E-state index contributed by atoms with van der Waals surface area (Å²) in [6.45, 7) is 0. The minimum atomic E-state index is -0.110. The highest BCUT2D eigenvalue weighted by Crippen LogP contribution is 2.46. The monoisotopic (exact) mass is 528 g/mol. The summed E-state index contributed by atoms with van der Waals surface area (Å²) in [4.78, 5) is 19.5. The molecule has 7 aromatic rings. The van der Waals surface area contributed by atoms with Gasteiger partial charge in [-0.25, -0.2) is 15.0 Å². The van der Waals surface area contributed by atoms with Crippen molar-refractivity contribution in [1.29, 1.82) is 0 Å². The van der Waals surface area contributed by atoms with Gasteiger partial charge in [-0.3, -0.25) is 4.98 Å². The molecular formula is C36H24N4O. The molecule has 5 heteroatoms. The number of furan rings is 1. The van der Waals surface area contributed by atoms with Gasteiger partial charge < -0.3 is 4.42 Å². The Kier molecular flexibility index (Phi) is 5.52. The highest BCUT2D eigenvalue weighted by Gasteiger charge is 2.32. The average Bonchev–Trinajstić information content (AvgIpc) is 3.42. The molecule has 4 aromatic carbocycles. The first kappa shape index (κ1) is 23.5. The van der Waals surface area contributed by atoms with E-state index in [1.54, 1.807) is 0 Å². The molecule has 1 unspecified atom stereocenters. The van der Waals surface area contributed by atoms with E-state index in [0.29, 0.717) is 11.6 Å². The van der Waals surface area contributed by atoms with E-state index in [1.165, 1.54) is 0 Å². The molecule has 0 spiro atoms. The third-order valence-electron chi connectivity index (χ3n) is 7.75. The number of nitrogens with zero attached hydrogens (tertiary/aromatic N) is 4. The Morgan fingerprint density at radius 1 is 0.634 bits per heavy atom. The Morgan fingerprint density at radius 3 is 1.93 bits per heavy atom. The summed E-state index contributed by atoms with van der Waals surface area (Å²) in [5.41, 5.74) is 6.09. The van der Waals surface area contributed by atoms with Gasteiger partial charge in [0.05, 0.1) is 5.92 Å². The number of allylic oxidation sites excluding steroid dienone is 1. The van der Waals surface area contributed by atoms with Gasteiger partial charge in [-0.2, -0.15) is 0 Å². The van der Waals surface area contributed by atoms with E-state index >= 15 is 0 Å². The van der Waals surface area contributed by atoms with Crippen LogP contribution in [0.1, 0.15) is 35.1 Å². The Labute approximate surface area is 236 Å². The van der Waals surface area contributed by atoms with Gasteiger partial charge in [0.15, 0.2) is 11.6 Å². The normalized spacial score (nSPS) is 14.6. The zero-order valence-corrected chi connectivity index (χ0v) is 22.1. The standard InChI is InChI=1S/C36H24N4O/c1-4-10-23(11-5-1)28-16-17-29(32-30-20-27-22-37-19-18-26(27)21-31(30)41-33(28)32)36-39-34(24-12-6-2-7-13-24)38-35(40-36)25-14-8-3-9-15-25/h1-16,18-22,29H,17H2. The Hall–Kier alpha value is -5.42. The Bertz CT molecular complexity index is 2010. The SMILES string of the molecule is C1=C(c2ccccc2)c2oc3cc4ccncc4cc3c2C(c2nc(-c3ccccc3)nc(-c3ccccc3)n2)C1. The first-order valence-corrected chi connectivity index (χ1v) is 13.7. The van der Waals surface area contributed by atoms with Gasteiger partial charge in [-0.05, 0) is 35.6 Å². The zero-order valence-electron chi connectivity index (χ0n) is 22.1. The van der Waals surface area contributed by atoms with Crippen molar-refractivity contribution in [3.05, 3.63) is 150 Å². The number of hydrogen-bond acceptors (Lipinski definition) is 5. The van der Waals surface area contributed by atoms with Gasteiger partial charge in [0.25, 0.3) is 0 Å². The molecule has 41 heavy (non-hydrogen) atoms. The molecule has 5 nitrogen and oxygen atoms in total.